The van der Waals surface area contributed by atoms with Crippen LogP contribution in [0.25, 0.3) is 0 Å². The Kier molecular flexibility index (Phi) is 7.07. The van der Waals surface area contributed by atoms with Crippen molar-refractivity contribution in [2.45, 2.75) is 57.5 Å². The van der Waals surface area contributed by atoms with Crippen molar-refractivity contribution in [3.05, 3.63) is 60.7 Å². The van der Waals surface area contributed by atoms with Gasteiger partial charge >= 0.3 is 0 Å². The summed E-state index contributed by atoms with van der Waals surface area (Å²) in [6, 6.07) is 20.5. The minimum Gasteiger partial charge on any atom is -0.312 e. The molecule has 0 aromatic heterocycles. The second-order valence-corrected chi connectivity index (χ2v) is 9.72. The van der Waals surface area contributed by atoms with Crippen LogP contribution in [-0.4, -0.2) is 18.6 Å². The maximum atomic E-state index is 14.2. The quantitative estimate of drug-likeness (QED) is 0.540. The summed E-state index contributed by atoms with van der Waals surface area (Å²) in [5.74, 6) is 0. The maximum absolute atomic E-state index is 14.2. The Bertz CT molecular complexity index is 661. The van der Waals surface area contributed by atoms with Crippen molar-refractivity contribution in [1.29, 1.82) is 0 Å². The van der Waals surface area contributed by atoms with E-state index in [1.807, 2.05) is 60.7 Å². The zero-order valence-electron chi connectivity index (χ0n) is 15.7. The van der Waals surface area contributed by atoms with Crippen molar-refractivity contribution in [3.8, 4) is 0 Å². The summed E-state index contributed by atoms with van der Waals surface area (Å²) >= 11 is 0. The second-order valence-electron chi connectivity index (χ2n) is 7.21. The number of nitrogens with one attached hydrogen (secondary N) is 2. The van der Waals surface area contributed by atoms with E-state index in [2.05, 4.69) is 17.3 Å². The molecule has 2 aromatic carbocycles. The predicted molar refractivity (Wildman–Crippen MR) is 112 cm³/mol. The van der Waals surface area contributed by atoms with E-state index in [0.717, 1.165) is 30.0 Å². The van der Waals surface area contributed by atoms with Gasteiger partial charge in [0.2, 0.25) is 7.29 Å². The Morgan fingerprint density at radius 1 is 0.885 bits per heavy atom. The molecule has 0 amide bonds. The average molecular weight is 370 g/mol. The van der Waals surface area contributed by atoms with E-state index in [4.69, 9.17) is 0 Å². The van der Waals surface area contributed by atoms with Crippen LogP contribution >= 0.6 is 7.29 Å². The molecule has 0 saturated heterocycles. The largest absolute Gasteiger partial charge is 0.312 e. The molecule has 1 saturated carbocycles. The van der Waals surface area contributed by atoms with Crippen LogP contribution in [0.4, 0.5) is 0 Å². The monoisotopic (exact) mass is 370 g/mol. The van der Waals surface area contributed by atoms with Gasteiger partial charge in [0.05, 0.1) is 0 Å². The molecule has 1 aliphatic rings. The summed E-state index contributed by atoms with van der Waals surface area (Å²) < 4.78 is 14.2. The lowest BCUT2D eigenvalue weighted by Gasteiger charge is -2.36. The van der Waals surface area contributed by atoms with E-state index < -0.39 is 7.29 Å². The topological polar surface area (TPSA) is 41.1 Å². The van der Waals surface area contributed by atoms with Gasteiger partial charge < -0.3 is 5.32 Å². The molecule has 0 bridgehead atoms. The molecule has 0 spiro atoms. The predicted octanol–water partition coefficient (Wildman–Crippen LogP) is 4.21. The highest BCUT2D eigenvalue weighted by Gasteiger charge is 2.34. The Morgan fingerprint density at radius 2 is 1.42 bits per heavy atom. The Hall–Kier alpha value is -1.41. The zero-order chi connectivity index (χ0) is 18.2. The number of unbranched alkanes of at least 4 members (excludes halogenated alkanes) is 1. The smallest absolute Gasteiger partial charge is 0.204 e. The first-order valence-electron chi connectivity index (χ1n) is 9.96. The number of rotatable bonds is 8. The Balaban J connectivity index is 1.86. The highest BCUT2D eigenvalue weighted by atomic mass is 31.2. The third-order valence-electron chi connectivity index (χ3n) is 5.29. The van der Waals surface area contributed by atoms with E-state index in [1.165, 1.54) is 25.7 Å². The molecule has 2 N–H and O–H groups in total. The van der Waals surface area contributed by atoms with Gasteiger partial charge in [-0.05, 0) is 50.1 Å². The molecule has 2 aromatic rings. The number of hydrogen-bond donors (Lipinski definition) is 2. The van der Waals surface area contributed by atoms with E-state index in [-0.39, 0.29) is 6.04 Å². The molecular formula is C22H31N2OP. The maximum Gasteiger partial charge on any atom is 0.204 e. The van der Waals surface area contributed by atoms with Crippen LogP contribution in [0.1, 0.15) is 45.4 Å². The number of benzene rings is 2. The molecule has 26 heavy (non-hydrogen) atoms. The average Bonchev–Trinajstić information content (AvgIpc) is 2.71. The SMILES string of the molecule is CCCCN[C@@H]1CCCC[C@H]1NP(=O)(c1ccccc1)c1ccccc1. The third kappa shape index (κ3) is 4.65. The van der Waals surface area contributed by atoms with E-state index in [9.17, 15) is 4.57 Å². The molecular weight excluding hydrogens is 339 g/mol. The van der Waals surface area contributed by atoms with Crippen LogP contribution in [0.3, 0.4) is 0 Å². The van der Waals surface area contributed by atoms with Crippen molar-refractivity contribution in [1.82, 2.24) is 10.4 Å². The van der Waals surface area contributed by atoms with Crippen molar-refractivity contribution >= 4 is 17.9 Å². The Morgan fingerprint density at radius 3 is 1.96 bits per heavy atom. The van der Waals surface area contributed by atoms with Gasteiger partial charge in [0.15, 0.2) is 0 Å². The summed E-state index contributed by atoms with van der Waals surface area (Å²) in [4.78, 5) is 0. The third-order valence-corrected chi connectivity index (χ3v) is 8.04. The fraction of sp³-hybridized carbons (Fsp3) is 0.455. The molecule has 2 atom stereocenters. The summed E-state index contributed by atoms with van der Waals surface area (Å²) in [7, 11) is -2.86. The minimum absolute atomic E-state index is 0.242. The van der Waals surface area contributed by atoms with E-state index in [1.54, 1.807) is 0 Å². The van der Waals surface area contributed by atoms with Gasteiger partial charge in [-0.25, -0.2) is 0 Å². The van der Waals surface area contributed by atoms with Crippen molar-refractivity contribution in [2.24, 2.45) is 0 Å². The zero-order valence-corrected chi connectivity index (χ0v) is 16.6. The van der Waals surface area contributed by atoms with Gasteiger partial charge in [0, 0.05) is 22.7 Å². The van der Waals surface area contributed by atoms with Crippen LogP contribution in [0.5, 0.6) is 0 Å². The molecule has 0 radical (unpaired) electrons. The van der Waals surface area contributed by atoms with Crippen LogP contribution in [0, 0.1) is 0 Å². The van der Waals surface area contributed by atoms with Gasteiger partial charge in [-0.2, -0.15) is 0 Å². The van der Waals surface area contributed by atoms with Crippen LogP contribution in [0.2, 0.25) is 0 Å². The molecule has 4 heteroatoms. The fourth-order valence-corrected chi connectivity index (χ4v) is 6.36. The molecule has 3 nitrogen and oxygen atoms in total. The van der Waals surface area contributed by atoms with Gasteiger partial charge in [0.1, 0.15) is 0 Å². The summed E-state index contributed by atoms with van der Waals surface area (Å²) in [6.07, 6.45) is 7.08. The minimum atomic E-state index is -2.86. The van der Waals surface area contributed by atoms with Crippen LogP contribution in [0.15, 0.2) is 60.7 Å². The number of hydrogen-bond acceptors (Lipinski definition) is 2. The fourth-order valence-electron chi connectivity index (χ4n) is 3.80. The molecule has 1 aliphatic carbocycles. The highest BCUT2D eigenvalue weighted by molar-refractivity contribution is 7.76. The first kappa shape index (κ1) is 19.4. The lowest BCUT2D eigenvalue weighted by atomic mass is 9.91. The van der Waals surface area contributed by atoms with Gasteiger partial charge in [0.25, 0.3) is 0 Å². The first-order valence-corrected chi connectivity index (χ1v) is 11.7. The van der Waals surface area contributed by atoms with Gasteiger partial charge in [-0.3, -0.25) is 9.65 Å². The van der Waals surface area contributed by atoms with Crippen molar-refractivity contribution < 1.29 is 4.57 Å². The molecule has 0 unspecified atom stereocenters. The van der Waals surface area contributed by atoms with Gasteiger partial charge in [-0.1, -0.05) is 62.6 Å². The van der Waals surface area contributed by atoms with Crippen LogP contribution < -0.4 is 21.0 Å². The van der Waals surface area contributed by atoms with Crippen molar-refractivity contribution in [2.75, 3.05) is 6.54 Å². The molecule has 0 heterocycles. The summed E-state index contributed by atoms with van der Waals surface area (Å²) in [5, 5.41) is 9.13. The van der Waals surface area contributed by atoms with Crippen molar-refractivity contribution in [3.63, 3.8) is 0 Å². The first-order chi connectivity index (χ1) is 12.7. The highest BCUT2D eigenvalue weighted by Crippen LogP contribution is 2.41. The van der Waals surface area contributed by atoms with Crippen LogP contribution in [-0.2, 0) is 4.57 Å². The van der Waals surface area contributed by atoms with Gasteiger partial charge in [-0.15, -0.1) is 0 Å². The molecule has 0 aliphatic heterocycles. The molecule has 140 valence electrons. The standard InChI is InChI=1S/C22H31N2OP/c1-2-3-18-23-21-16-10-11-17-22(21)24-26(25,19-12-6-4-7-13-19)20-14-8-5-9-15-20/h4-9,12-15,21-23H,2-3,10-11,16-18H2,1H3,(H,24,25)/t21-,22-/m1/s1. The normalized spacial score (nSPS) is 20.8. The lowest BCUT2D eigenvalue weighted by molar-refractivity contribution is 0.310. The molecule has 1 fully saturated rings. The molecule has 3 rings (SSSR count). The lowest BCUT2D eigenvalue weighted by Crippen LogP contribution is -2.50. The van der Waals surface area contributed by atoms with E-state index >= 15 is 0 Å². The Labute approximate surface area is 158 Å². The summed E-state index contributed by atoms with van der Waals surface area (Å²) in [6.45, 7) is 3.26. The summed E-state index contributed by atoms with van der Waals surface area (Å²) in [5.41, 5.74) is 0. The second kappa shape index (κ2) is 9.50. The van der Waals surface area contributed by atoms with E-state index in [0.29, 0.717) is 6.04 Å².